The minimum atomic E-state index is -0.357. The molecule has 0 fully saturated rings. The molecule has 5 nitrogen and oxygen atoms in total. The predicted molar refractivity (Wildman–Crippen MR) is 65.1 cm³/mol. The van der Waals surface area contributed by atoms with Crippen LogP contribution in [0.2, 0.25) is 0 Å². The highest BCUT2D eigenvalue weighted by atomic mass is 16.1. The third kappa shape index (κ3) is 1.99. The molecule has 0 aliphatic rings. The highest BCUT2D eigenvalue weighted by molar-refractivity contribution is 6.08. The zero-order valence-corrected chi connectivity index (χ0v) is 9.41. The number of aromatic nitrogens is 2. The average Bonchev–Trinajstić information content (AvgIpc) is 2.84. The summed E-state index contributed by atoms with van der Waals surface area (Å²) in [4.78, 5) is 29.0. The molecule has 0 saturated carbocycles. The number of hydrogen-bond acceptors (Lipinski definition) is 3. The first-order valence-corrected chi connectivity index (χ1v) is 5.33. The summed E-state index contributed by atoms with van der Waals surface area (Å²) in [6.45, 7) is 1.87. The number of aryl methyl sites for hydroxylation is 1. The van der Waals surface area contributed by atoms with Gasteiger partial charge in [0.1, 0.15) is 0 Å². The number of ketones is 1. The van der Waals surface area contributed by atoms with Crippen molar-refractivity contribution in [3.63, 3.8) is 0 Å². The van der Waals surface area contributed by atoms with Gasteiger partial charge in [0.2, 0.25) is 5.78 Å². The summed E-state index contributed by atoms with van der Waals surface area (Å²) in [5, 5.41) is 0. The lowest BCUT2D eigenvalue weighted by atomic mass is 10.0. The summed E-state index contributed by atoms with van der Waals surface area (Å²) < 4.78 is 0. The molecular weight excluding hydrogens is 218 g/mol. The molecule has 0 aromatic carbocycles. The molecule has 5 heteroatoms. The lowest BCUT2D eigenvalue weighted by Crippen LogP contribution is -2.18. The number of aromatic amines is 2. The van der Waals surface area contributed by atoms with Crippen LogP contribution in [0.3, 0.4) is 0 Å². The van der Waals surface area contributed by atoms with Gasteiger partial charge in [0.15, 0.2) is 0 Å². The highest BCUT2D eigenvalue weighted by Crippen LogP contribution is 2.13. The molecule has 0 spiro atoms. The zero-order valence-electron chi connectivity index (χ0n) is 9.41. The molecule has 0 saturated heterocycles. The quantitative estimate of drug-likeness (QED) is 0.690. The topological polar surface area (TPSA) is 91.7 Å². The Morgan fingerprint density at radius 2 is 2.24 bits per heavy atom. The lowest BCUT2D eigenvalue weighted by molar-refractivity contribution is 0.103. The van der Waals surface area contributed by atoms with Gasteiger partial charge in [-0.05, 0) is 24.6 Å². The van der Waals surface area contributed by atoms with E-state index >= 15 is 0 Å². The summed E-state index contributed by atoms with van der Waals surface area (Å²) in [6.07, 6.45) is 2.24. The molecule has 0 bridgehead atoms. The fourth-order valence-corrected chi connectivity index (χ4v) is 1.68. The Labute approximate surface area is 97.7 Å². The number of H-pyrrole nitrogens is 2. The first-order chi connectivity index (χ1) is 8.13. The second kappa shape index (κ2) is 4.29. The van der Waals surface area contributed by atoms with Crippen LogP contribution in [0.5, 0.6) is 0 Å². The van der Waals surface area contributed by atoms with Crippen molar-refractivity contribution in [2.45, 2.75) is 13.3 Å². The van der Waals surface area contributed by atoms with Gasteiger partial charge >= 0.3 is 0 Å². The third-order valence-electron chi connectivity index (χ3n) is 2.59. The molecule has 0 unspecified atom stereocenters. The van der Waals surface area contributed by atoms with E-state index in [2.05, 4.69) is 9.97 Å². The number of nitrogen functional groups attached to an aromatic ring is 1. The van der Waals surface area contributed by atoms with Crippen molar-refractivity contribution in [3.8, 4) is 0 Å². The maximum Gasteiger partial charge on any atom is 0.271 e. The van der Waals surface area contributed by atoms with E-state index < -0.39 is 0 Å². The van der Waals surface area contributed by atoms with Crippen LogP contribution in [-0.2, 0) is 6.42 Å². The monoisotopic (exact) mass is 231 g/mol. The van der Waals surface area contributed by atoms with Gasteiger partial charge in [0, 0.05) is 17.5 Å². The molecule has 2 aromatic rings. The smallest absolute Gasteiger partial charge is 0.271 e. The molecule has 0 aliphatic carbocycles. The second-order valence-corrected chi connectivity index (χ2v) is 3.71. The summed E-state index contributed by atoms with van der Waals surface area (Å²) in [5.74, 6) is -0.171. The molecule has 0 amide bonds. The van der Waals surface area contributed by atoms with Crippen molar-refractivity contribution >= 4 is 11.5 Å². The molecule has 0 radical (unpaired) electrons. The largest absolute Gasteiger partial charge is 0.394 e. The first-order valence-electron chi connectivity index (χ1n) is 5.33. The molecular formula is C12H13N3O2. The predicted octanol–water partition coefficient (Wildman–Crippen LogP) is 1.08. The van der Waals surface area contributed by atoms with Crippen LogP contribution in [0, 0.1) is 0 Å². The van der Waals surface area contributed by atoms with Crippen LogP contribution in [-0.4, -0.2) is 15.8 Å². The van der Waals surface area contributed by atoms with Crippen molar-refractivity contribution in [1.82, 2.24) is 9.97 Å². The van der Waals surface area contributed by atoms with Gasteiger partial charge in [0.25, 0.3) is 5.56 Å². The van der Waals surface area contributed by atoms with E-state index in [0.717, 1.165) is 0 Å². The van der Waals surface area contributed by atoms with Gasteiger partial charge in [-0.15, -0.1) is 0 Å². The Hall–Kier alpha value is -2.30. The normalized spacial score (nSPS) is 10.4. The summed E-state index contributed by atoms with van der Waals surface area (Å²) in [7, 11) is 0. The van der Waals surface area contributed by atoms with E-state index in [4.69, 9.17) is 5.73 Å². The van der Waals surface area contributed by atoms with E-state index in [-0.39, 0.29) is 17.0 Å². The number of carbonyl (C=O) groups is 1. The van der Waals surface area contributed by atoms with Crippen LogP contribution in [0.4, 0.5) is 5.69 Å². The minimum Gasteiger partial charge on any atom is -0.394 e. The summed E-state index contributed by atoms with van der Waals surface area (Å²) in [6, 6.07) is 4.86. The molecule has 17 heavy (non-hydrogen) atoms. The van der Waals surface area contributed by atoms with Gasteiger partial charge in [-0.1, -0.05) is 6.92 Å². The molecule has 2 rings (SSSR count). The molecule has 88 valence electrons. The molecule has 0 aliphatic heterocycles. The molecule has 0 atom stereocenters. The van der Waals surface area contributed by atoms with Crippen molar-refractivity contribution in [1.29, 1.82) is 0 Å². The van der Waals surface area contributed by atoms with E-state index in [1.54, 1.807) is 18.3 Å². The maximum absolute atomic E-state index is 12.1. The number of carbonyl (C=O) groups excluding carboxylic acids is 1. The third-order valence-corrected chi connectivity index (χ3v) is 2.59. The van der Waals surface area contributed by atoms with Crippen LogP contribution < -0.4 is 11.3 Å². The van der Waals surface area contributed by atoms with Crippen molar-refractivity contribution in [2.24, 2.45) is 0 Å². The number of hydrogen-bond donors (Lipinski definition) is 3. The van der Waals surface area contributed by atoms with Crippen LogP contribution >= 0.6 is 0 Å². The van der Waals surface area contributed by atoms with Gasteiger partial charge in [-0.3, -0.25) is 9.59 Å². The number of nitrogens with two attached hydrogens (primary N) is 1. The van der Waals surface area contributed by atoms with Crippen LogP contribution in [0.15, 0.2) is 29.2 Å². The summed E-state index contributed by atoms with van der Waals surface area (Å²) >= 11 is 0. The Bertz CT molecular complexity index is 597. The summed E-state index contributed by atoms with van der Waals surface area (Å²) in [5.41, 5.74) is 6.74. The van der Waals surface area contributed by atoms with E-state index in [1.807, 2.05) is 6.92 Å². The van der Waals surface area contributed by atoms with Gasteiger partial charge in [-0.25, -0.2) is 0 Å². The fourth-order valence-electron chi connectivity index (χ4n) is 1.68. The Morgan fingerprint density at radius 3 is 2.82 bits per heavy atom. The molecule has 4 N–H and O–H groups in total. The van der Waals surface area contributed by atoms with Gasteiger partial charge in [0.05, 0.1) is 11.4 Å². The van der Waals surface area contributed by atoms with Crippen LogP contribution in [0.1, 0.15) is 28.7 Å². The van der Waals surface area contributed by atoms with Crippen molar-refractivity contribution in [3.05, 3.63) is 51.7 Å². The number of nitrogens with one attached hydrogen (secondary N) is 2. The van der Waals surface area contributed by atoms with E-state index in [1.165, 1.54) is 6.07 Å². The maximum atomic E-state index is 12.1. The van der Waals surface area contributed by atoms with Crippen molar-refractivity contribution in [2.75, 3.05) is 5.73 Å². The van der Waals surface area contributed by atoms with Gasteiger partial charge < -0.3 is 15.7 Å². The van der Waals surface area contributed by atoms with E-state index in [0.29, 0.717) is 23.4 Å². The second-order valence-electron chi connectivity index (χ2n) is 3.71. The Balaban J connectivity index is 2.55. The standard InChI is InChI=1S/C12H13N3O2/c1-2-9-7(6-8(13)12(17)15-9)11(16)10-4-3-5-14-10/h3-6,14H,2,13H2,1H3,(H,15,17). The fraction of sp³-hybridized carbons (Fsp3) is 0.167. The Morgan fingerprint density at radius 1 is 1.47 bits per heavy atom. The minimum absolute atomic E-state index is 0.0529. The SMILES string of the molecule is CCc1[nH]c(=O)c(N)cc1C(=O)c1ccc[nH]1. The van der Waals surface area contributed by atoms with E-state index in [9.17, 15) is 9.59 Å². The Kier molecular flexibility index (Phi) is 2.82. The highest BCUT2D eigenvalue weighted by Gasteiger charge is 2.15. The first kappa shape index (κ1) is 11.2. The van der Waals surface area contributed by atoms with Gasteiger partial charge in [-0.2, -0.15) is 0 Å². The zero-order chi connectivity index (χ0) is 12.4. The van der Waals surface area contributed by atoms with Crippen molar-refractivity contribution < 1.29 is 4.79 Å². The molecule has 2 aromatic heterocycles. The average molecular weight is 231 g/mol. The number of anilines is 1. The lowest BCUT2D eigenvalue weighted by Gasteiger charge is -2.06. The van der Waals surface area contributed by atoms with Crippen LogP contribution in [0.25, 0.3) is 0 Å². The molecule has 2 heterocycles. The number of rotatable bonds is 3. The number of pyridine rings is 1.